The average Bonchev–Trinajstić information content (AvgIpc) is 2.15. The molecule has 0 unspecified atom stereocenters. The van der Waals surface area contributed by atoms with Gasteiger partial charge in [-0.05, 0) is 17.7 Å². The molecule has 0 saturated heterocycles. The van der Waals surface area contributed by atoms with E-state index in [-0.39, 0.29) is 6.61 Å². The molecular weight excluding hydrogens is 184 g/mol. The lowest BCUT2D eigenvalue weighted by molar-refractivity contribution is 0.343. The average molecular weight is 195 g/mol. The number of hydrogen-bond donors (Lipinski definition) is 1. The van der Waals surface area contributed by atoms with E-state index in [0.29, 0.717) is 0 Å². The molecule has 0 heterocycles. The lowest BCUT2D eigenvalue weighted by Gasteiger charge is -1.91. The number of allylic oxidation sites excluding steroid dienone is 2. The molecule has 0 aliphatic heterocycles. The Morgan fingerprint density at radius 3 is 2.46 bits per heavy atom. The van der Waals surface area contributed by atoms with E-state index in [1.54, 1.807) is 12.2 Å². The van der Waals surface area contributed by atoms with Crippen LogP contribution in [0.5, 0.6) is 0 Å². The van der Waals surface area contributed by atoms with E-state index in [1.807, 2.05) is 36.4 Å². The van der Waals surface area contributed by atoms with Crippen molar-refractivity contribution in [3.8, 4) is 0 Å². The van der Waals surface area contributed by atoms with Crippen LogP contribution in [-0.2, 0) is 0 Å². The minimum atomic E-state index is 0.0744. The Kier molecular flexibility index (Phi) is 4.30. The quantitative estimate of drug-likeness (QED) is 0.734. The SMILES string of the molecule is OC/C=C/C=C/c1ccc(Cl)cc1. The third kappa shape index (κ3) is 3.92. The second-order valence-corrected chi connectivity index (χ2v) is 2.96. The zero-order valence-electron chi connectivity index (χ0n) is 7.15. The Balaban J connectivity index is 2.59. The van der Waals surface area contributed by atoms with Crippen molar-refractivity contribution in [2.75, 3.05) is 6.61 Å². The summed E-state index contributed by atoms with van der Waals surface area (Å²) in [7, 11) is 0. The molecule has 1 aromatic carbocycles. The molecule has 0 spiro atoms. The third-order valence-corrected chi connectivity index (χ3v) is 1.76. The van der Waals surface area contributed by atoms with E-state index >= 15 is 0 Å². The first-order valence-electron chi connectivity index (χ1n) is 4.02. The fourth-order valence-corrected chi connectivity index (χ4v) is 1.01. The molecule has 0 aromatic heterocycles. The molecule has 1 N–H and O–H groups in total. The number of aliphatic hydroxyl groups is 1. The Morgan fingerprint density at radius 1 is 1.15 bits per heavy atom. The zero-order chi connectivity index (χ0) is 9.52. The number of halogens is 1. The van der Waals surface area contributed by atoms with Crippen LogP contribution in [0, 0.1) is 0 Å². The van der Waals surface area contributed by atoms with E-state index in [0.717, 1.165) is 10.6 Å². The highest BCUT2D eigenvalue weighted by Gasteiger charge is 1.85. The van der Waals surface area contributed by atoms with Crippen molar-refractivity contribution in [2.45, 2.75) is 0 Å². The van der Waals surface area contributed by atoms with Crippen molar-refractivity contribution in [1.82, 2.24) is 0 Å². The van der Waals surface area contributed by atoms with E-state index in [2.05, 4.69) is 0 Å². The molecule has 0 aliphatic carbocycles. The van der Waals surface area contributed by atoms with Crippen LogP contribution in [0.4, 0.5) is 0 Å². The third-order valence-electron chi connectivity index (χ3n) is 1.51. The summed E-state index contributed by atoms with van der Waals surface area (Å²) in [6, 6.07) is 7.56. The van der Waals surface area contributed by atoms with Gasteiger partial charge in [0.1, 0.15) is 0 Å². The number of rotatable bonds is 3. The maximum Gasteiger partial charge on any atom is 0.0615 e. The van der Waals surface area contributed by atoms with Gasteiger partial charge in [-0.3, -0.25) is 0 Å². The summed E-state index contributed by atoms with van der Waals surface area (Å²) >= 11 is 5.72. The first-order chi connectivity index (χ1) is 6.33. The second-order valence-electron chi connectivity index (χ2n) is 2.52. The summed E-state index contributed by atoms with van der Waals surface area (Å²) in [4.78, 5) is 0. The smallest absolute Gasteiger partial charge is 0.0615 e. The maximum absolute atomic E-state index is 8.46. The maximum atomic E-state index is 8.46. The zero-order valence-corrected chi connectivity index (χ0v) is 7.91. The molecule has 0 amide bonds. The van der Waals surface area contributed by atoms with Crippen LogP contribution in [-0.4, -0.2) is 11.7 Å². The summed E-state index contributed by atoms with van der Waals surface area (Å²) < 4.78 is 0. The summed E-state index contributed by atoms with van der Waals surface area (Å²) in [6.45, 7) is 0.0744. The van der Waals surface area contributed by atoms with Crippen molar-refractivity contribution in [3.63, 3.8) is 0 Å². The molecule has 0 bridgehead atoms. The molecule has 0 radical (unpaired) electrons. The molecule has 0 atom stereocenters. The van der Waals surface area contributed by atoms with Gasteiger partial charge in [0.25, 0.3) is 0 Å². The van der Waals surface area contributed by atoms with E-state index < -0.39 is 0 Å². The van der Waals surface area contributed by atoms with Gasteiger partial charge in [-0.1, -0.05) is 48.0 Å². The minimum Gasteiger partial charge on any atom is -0.392 e. The van der Waals surface area contributed by atoms with Gasteiger partial charge in [0, 0.05) is 5.02 Å². The highest BCUT2D eigenvalue weighted by Crippen LogP contribution is 2.10. The molecule has 68 valence electrons. The Labute approximate surface area is 83.0 Å². The van der Waals surface area contributed by atoms with Crippen LogP contribution < -0.4 is 0 Å². The monoisotopic (exact) mass is 194 g/mol. The van der Waals surface area contributed by atoms with Crippen molar-refractivity contribution in [2.24, 2.45) is 0 Å². The van der Waals surface area contributed by atoms with Crippen molar-refractivity contribution >= 4 is 17.7 Å². The fourth-order valence-electron chi connectivity index (χ4n) is 0.880. The van der Waals surface area contributed by atoms with Gasteiger partial charge < -0.3 is 5.11 Å². The Morgan fingerprint density at radius 2 is 1.85 bits per heavy atom. The van der Waals surface area contributed by atoms with Gasteiger partial charge in [0.15, 0.2) is 0 Å². The van der Waals surface area contributed by atoms with Crippen molar-refractivity contribution in [3.05, 3.63) is 53.1 Å². The predicted molar refractivity (Wildman–Crippen MR) is 56.7 cm³/mol. The number of aliphatic hydroxyl groups excluding tert-OH is 1. The normalized spacial score (nSPS) is 11.5. The molecule has 2 heteroatoms. The van der Waals surface area contributed by atoms with Crippen LogP contribution in [0.15, 0.2) is 42.5 Å². The first-order valence-corrected chi connectivity index (χ1v) is 4.40. The topological polar surface area (TPSA) is 20.2 Å². The molecular formula is C11H11ClO. The molecule has 1 rings (SSSR count). The lowest BCUT2D eigenvalue weighted by Crippen LogP contribution is -1.70. The van der Waals surface area contributed by atoms with Gasteiger partial charge in [0.05, 0.1) is 6.61 Å². The van der Waals surface area contributed by atoms with Gasteiger partial charge in [-0.25, -0.2) is 0 Å². The molecule has 13 heavy (non-hydrogen) atoms. The predicted octanol–water partition coefficient (Wildman–Crippen LogP) is 2.90. The second kappa shape index (κ2) is 5.57. The van der Waals surface area contributed by atoms with Crippen LogP contribution >= 0.6 is 11.6 Å². The van der Waals surface area contributed by atoms with Crippen LogP contribution in [0.2, 0.25) is 5.02 Å². The minimum absolute atomic E-state index is 0.0744. The summed E-state index contributed by atoms with van der Waals surface area (Å²) in [5.41, 5.74) is 1.09. The molecule has 0 saturated carbocycles. The first kappa shape index (κ1) is 10.0. The van der Waals surface area contributed by atoms with Crippen LogP contribution in [0.3, 0.4) is 0 Å². The van der Waals surface area contributed by atoms with E-state index in [9.17, 15) is 0 Å². The van der Waals surface area contributed by atoms with Crippen molar-refractivity contribution < 1.29 is 5.11 Å². The van der Waals surface area contributed by atoms with Gasteiger partial charge in [0.2, 0.25) is 0 Å². The molecule has 0 aliphatic rings. The van der Waals surface area contributed by atoms with Crippen molar-refractivity contribution in [1.29, 1.82) is 0 Å². The van der Waals surface area contributed by atoms with Gasteiger partial charge >= 0.3 is 0 Å². The number of hydrogen-bond acceptors (Lipinski definition) is 1. The molecule has 1 nitrogen and oxygen atoms in total. The Hall–Kier alpha value is -1.05. The number of benzene rings is 1. The summed E-state index contributed by atoms with van der Waals surface area (Å²) in [5.74, 6) is 0. The summed E-state index contributed by atoms with van der Waals surface area (Å²) in [5, 5.41) is 9.20. The highest BCUT2D eigenvalue weighted by atomic mass is 35.5. The highest BCUT2D eigenvalue weighted by molar-refractivity contribution is 6.30. The van der Waals surface area contributed by atoms with Gasteiger partial charge in [-0.2, -0.15) is 0 Å². The largest absolute Gasteiger partial charge is 0.392 e. The molecule has 1 aromatic rings. The van der Waals surface area contributed by atoms with E-state index in [1.165, 1.54) is 0 Å². The molecule has 0 fully saturated rings. The Bertz CT molecular complexity index is 298. The summed E-state index contributed by atoms with van der Waals surface area (Å²) in [6.07, 6.45) is 7.29. The fraction of sp³-hybridized carbons (Fsp3) is 0.0909. The van der Waals surface area contributed by atoms with Crippen LogP contribution in [0.1, 0.15) is 5.56 Å². The van der Waals surface area contributed by atoms with Gasteiger partial charge in [-0.15, -0.1) is 0 Å². The van der Waals surface area contributed by atoms with E-state index in [4.69, 9.17) is 16.7 Å². The van der Waals surface area contributed by atoms with Crippen LogP contribution in [0.25, 0.3) is 6.08 Å². The standard InChI is InChI=1S/C11H11ClO/c12-11-7-5-10(6-8-11)4-2-1-3-9-13/h1-8,13H,9H2/b3-1+,4-2+. The lowest BCUT2D eigenvalue weighted by atomic mass is 10.2.